The van der Waals surface area contributed by atoms with E-state index in [-0.39, 0.29) is 24.8 Å². The molecule has 0 aromatic heterocycles. The molecule has 0 aliphatic heterocycles. The minimum atomic E-state index is -0.301. The highest BCUT2D eigenvalue weighted by Crippen LogP contribution is 2.19. The molecule has 120 valence electrons. The highest BCUT2D eigenvalue weighted by molar-refractivity contribution is 9.10. The van der Waals surface area contributed by atoms with Crippen molar-refractivity contribution in [2.45, 2.75) is 13.3 Å². The molecule has 0 saturated carbocycles. The van der Waals surface area contributed by atoms with Gasteiger partial charge in [0.05, 0.1) is 13.0 Å². The topological polar surface area (TPSA) is 58.2 Å². The van der Waals surface area contributed by atoms with Gasteiger partial charge in [-0.3, -0.25) is 9.59 Å². The molecule has 0 unspecified atom stereocenters. The van der Waals surface area contributed by atoms with Gasteiger partial charge in [-0.15, -0.1) is 0 Å². The molecule has 0 spiro atoms. The van der Waals surface area contributed by atoms with Crippen LogP contribution in [0.2, 0.25) is 5.02 Å². The first-order valence-corrected chi connectivity index (χ1v) is 8.19. The third-order valence-electron chi connectivity index (χ3n) is 3.21. The van der Waals surface area contributed by atoms with Crippen molar-refractivity contribution in [3.8, 4) is 0 Å². The van der Waals surface area contributed by atoms with E-state index in [1.165, 1.54) is 0 Å². The van der Waals surface area contributed by atoms with Gasteiger partial charge in [-0.25, -0.2) is 0 Å². The number of nitrogens with one attached hydrogen (secondary N) is 2. The quantitative estimate of drug-likeness (QED) is 0.811. The summed E-state index contributed by atoms with van der Waals surface area (Å²) in [4.78, 5) is 23.7. The van der Waals surface area contributed by atoms with E-state index in [0.717, 1.165) is 15.6 Å². The number of carbonyl (C=O) groups excluding carboxylic acids is 2. The van der Waals surface area contributed by atoms with E-state index in [1.54, 1.807) is 12.1 Å². The van der Waals surface area contributed by atoms with Gasteiger partial charge in [-0.05, 0) is 36.2 Å². The van der Waals surface area contributed by atoms with Crippen LogP contribution in [0.25, 0.3) is 0 Å². The Bertz CT molecular complexity index is 734. The fourth-order valence-electron chi connectivity index (χ4n) is 1.93. The molecule has 0 bridgehead atoms. The maximum absolute atomic E-state index is 11.9. The number of hydrogen-bond donors (Lipinski definition) is 2. The minimum absolute atomic E-state index is 0.0885. The summed E-state index contributed by atoms with van der Waals surface area (Å²) < 4.78 is 0.869. The molecule has 2 N–H and O–H groups in total. The lowest BCUT2D eigenvalue weighted by atomic mass is 10.1. The predicted octanol–water partition coefficient (Wildman–Crippen LogP) is 3.71. The Hall–Kier alpha value is -1.85. The van der Waals surface area contributed by atoms with E-state index in [0.29, 0.717) is 10.7 Å². The molecule has 0 saturated heterocycles. The van der Waals surface area contributed by atoms with Gasteiger partial charge in [0.15, 0.2) is 0 Å². The monoisotopic (exact) mass is 394 g/mol. The SMILES string of the molecule is Cc1ccc(NC(=O)CNC(=O)Cc2ccccc2Br)cc1Cl. The molecule has 0 fully saturated rings. The maximum Gasteiger partial charge on any atom is 0.243 e. The molecule has 0 aliphatic carbocycles. The van der Waals surface area contributed by atoms with Gasteiger partial charge in [-0.2, -0.15) is 0 Å². The number of amides is 2. The first kappa shape index (κ1) is 17.5. The minimum Gasteiger partial charge on any atom is -0.347 e. The number of halogens is 2. The van der Waals surface area contributed by atoms with Gasteiger partial charge in [0.25, 0.3) is 0 Å². The third-order valence-corrected chi connectivity index (χ3v) is 4.39. The average molecular weight is 396 g/mol. The van der Waals surface area contributed by atoms with Crippen LogP contribution in [0.3, 0.4) is 0 Å². The number of anilines is 1. The fraction of sp³-hybridized carbons (Fsp3) is 0.176. The molecule has 0 aliphatic rings. The predicted molar refractivity (Wildman–Crippen MR) is 95.7 cm³/mol. The molecule has 2 rings (SSSR count). The van der Waals surface area contributed by atoms with E-state index < -0.39 is 0 Å². The Kier molecular flexibility index (Phi) is 6.19. The zero-order chi connectivity index (χ0) is 16.8. The van der Waals surface area contributed by atoms with Crippen molar-refractivity contribution in [2.24, 2.45) is 0 Å². The number of hydrogen-bond acceptors (Lipinski definition) is 2. The van der Waals surface area contributed by atoms with E-state index in [1.807, 2.05) is 37.3 Å². The fourth-order valence-corrected chi connectivity index (χ4v) is 2.54. The Morgan fingerprint density at radius 2 is 1.87 bits per heavy atom. The molecular weight excluding hydrogens is 380 g/mol. The summed E-state index contributed by atoms with van der Waals surface area (Å²) in [6.45, 7) is 1.80. The highest BCUT2D eigenvalue weighted by atomic mass is 79.9. The zero-order valence-corrected chi connectivity index (χ0v) is 14.9. The Morgan fingerprint density at radius 1 is 1.13 bits per heavy atom. The van der Waals surface area contributed by atoms with Crippen LogP contribution in [-0.2, 0) is 16.0 Å². The van der Waals surface area contributed by atoms with Crippen molar-refractivity contribution in [3.63, 3.8) is 0 Å². The number of aryl methyl sites for hydroxylation is 1. The molecule has 2 amide bonds. The summed E-state index contributed by atoms with van der Waals surface area (Å²) in [6.07, 6.45) is 0.213. The van der Waals surface area contributed by atoms with Crippen molar-refractivity contribution in [2.75, 3.05) is 11.9 Å². The van der Waals surface area contributed by atoms with Gasteiger partial charge in [0, 0.05) is 15.2 Å². The first-order chi connectivity index (χ1) is 11.0. The van der Waals surface area contributed by atoms with E-state index in [2.05, 4.69) is 26.6 Å². The lowest BCUT2D eigenvalue weighted by molar-refractivity contribution is -0.123. The zero-order valence-electron chi connectivity index (χ0n) is 12.5. The standard InChI is InChI=1S/C17H16BrClN2O2/c1-11-6-7-13(9-15(11)19)21-17(23)10-20-16(22)8-12-4-2-3-5-14(12)18/h2-7,9H,8,10H2,1H3,(H,20,22)(H,21,23). The second-order valence-corrected chi connectivity index (χ2v) is 6.32. The van der Waals surface area contributed by atoms with Crippen LogP contribution < -0.4 is 10.6 Å². The Labute approximate surface area is 148 Å². The summed E-state index contributed by atoms with van der Waals surface area (Å²) in [5, 5.41) is 5.88. The summed E-state index contributed by atoms with van der Waals surface area (Å²) in [6, 6.07) is 12.7. The summed E-state index contributed by atoms with van der Waals surface area (Å²) in [7, 11) is 0. The maximum atomic E-state index is 11.9. The van der Waals surface area contributed by atoms with E-state index in [4.69, 9.17) is 11.6 Å². The van der Waals surface area contributed by atoms with E-state index in [9.17, 15) is 9.59 Å². The lowest BCUT2D eigenvalue weighted by Gasteiger charge is -2.09. The molecule has 0 atom stereocenters. The Morgan fingerprint density at radius 3 is 2.57 bits per heavy atom. The normalized spacial score (nSPS) is 10.2. The summed E-state index contributed by atoms with van der Waals surface area (Å²) >= 11 is 9.39. The van der Waals surface area contributed by atoms with Gasteiger partial charge in [0.1, 0.15) is 0 Å². The van der Waals surface area contributed by atoms with E-state index >= 15 is 0 Å². The summed E-state index contributed by atoms with van der Waals surface area (Å²) in [5.41, 5.74) is 2.41. The van der Waals surface area contributed by atoms with Gasteiger partial charge in [0.2, 0.25) is 11.8 Å². The van der Waals surface area contributed by atoms with Crippen molar-refractivity contribution in [1.82, 2.24) is 5.32 Å². The third kappa shape index (κ3) is 5.37. The second kappa shape index (κ2) is 8.13. The van der Waals surface area contributed by atoms with Crippen LogP contribution in [0.5, 0.6) is 0 Å². The molecule has 0 radical (unpaired) electrons. The summed E-state index contributed by atoms with van der Waals surface area (Å²) in [5.74, 6) is -0.514. The van der Waals surface area contributed by atoms with Crippen LogP contribution in [0, 0.1) is 6.92 Å². The van der Waals surface area contributed by atoms with Crippen LogP contribution in [-0.4, -0.2) is 18.4 Å². The number of benzene rings is 2. The lowest BCUT2D eigenvalue weighted by Crippen LogP contribution is -2.33. The van der Waals surface area contributed by atoms with Crippen LogP contribution in [0.1, 0.15) is 11.1 Å². The first-order valence-electron chi connectivity index (χ1n) is 7.02. The van der Waals surface area contributed by atoms with Crippen molar-refractivity contribution < 1.29 is 9.59 Å². The smallest absolute Gasteiger partial charge is 0.243 e. The number of rotatable bonds is 5. The molecular formula is C17H16BrClN2O2. The molecule has 4 nitrogen and oxygen atoms in total. The van der Waals surface area contributed by atoms with Gasteiger partial charge in [-0.1, -0.05) is 51.8 Å². The largest absolute Gasteiger partial charge is 0.347 e. The van der Waals surface area contributed by atoms with Crippen LogP contribution >= 0.6 is 27.5 Å². The Balaban J connectivity index is 1.83. The highest BCUT2D eigenvalue weighted by Gasteiger charge is 2.09. The van der Waals surface area contributed by atoms with Crippen molar-refractivity contribution in [1.29, 1.82) is 0 Å². The molecule has 2 aromatic carbocycles. The van der Waals surface area contributed by atoms with Crippen LogP contribution in [0.15, 0.2) is 46.9 Å². The average Bonchev–Trinajstić information content (AvgIpc) is 2.51. The number of carbonyl (C=O) groups is 2. The molecule has 0 heterocycles. The van der Waals surface area contributed by atoms with Crippen LogP contribution in [0.4, 0.5) is 5.69 Å². The molecule has 6 heteroatoms. The second-order valence-electron chi connectivity index (χ2n) is 5.06. The van der Waals surface area contributed by atoms with Crippen molar-refractivity contribution in [3.05, 3.63) is 63.1 Å². The van der Waals surface area contributed by atoms with Gasteiger partial charge < -0.3 is 10.6 Å². The van der Waals surface area contributed by atoms with Gasteiger partial charge >= 0.3 is 0 Å². The van der Waals surface area contributed by atoms with Crippen molar-refractivity contribution >= 4 is 45.0 Å². The molecule has 2 aromatic rings. The molecule has 23 heavy (non-hydrogen) atoms.